The maximum absolute atomic E-state index is 13.5. The number of aryl methyl sites for hydroxylation is 1. The first kappa shape index (κ1) is 22.7. The first-order chi connectivity index (χ1) is 15.7. The van der Waals surface area contributed by atoms with Gasteiger partial charge in [0.05, 0.1) is 0 Å². The summed E-state index contributed by atoms with van der Waals surface area (Å²) < 4.78 is 26.1. The van der Waals surface area contributed by atoms with E-state index in [1.807, 2.05) is 43.3 Å². The van der Waals surface area contributed by atoms with Gasteiger partial charge in [0.2, 0.25) is 0 Å². The predicted molar refractivity (Wildman–Crippen MR) is 128 cm³/mol. The summed E-state index contributed by atoms with van der Waals surface area (Å²) in [4.78, 5) is 10.6. The third kappa shape index (κ3) is 5.44. The number of halogens is 1. The Kier molecular flexibility index (Phi) is 7.69. The Balaban J connectivity index is 1.61. The van der Waals surface area contributed by atoms with Crippen LogP contribution < -0.4 is 4.74 Å². The summed E-state index contributed by atoms with van der Waals surface area (Å²) in [7, 11) is 0. The molecule has 1 aromatic heterocycles. The van der Waals surface area contributed by atoms with Crippen LogP contribution in [-0.2, 0) is 17.2 Å². The van der Waals surface area contributed by atoms with Crippen LogP contribution in [0.5, 0.6) is 5.75 Å². The fourth-order valence-electron chi connectivity index (χ4n) is 4.55. The molecule has 0 unspecified atom stereocenters. The fourth-order valence-corrected chi connectivity index (χ4v) is 5.18. The van der Waals surface area contributed by atoms with Crippen molar-refractivity contribution in [1.29, 1.82) is 0 Å². The number of hydrogen-bond donors (Lipinski definition) is 0. The largest absolute Gasteiger partial charge is 0.489 e. The third-order valence-corrected chi connectivity index (χ3v) is 6.97. The van der Waals surface area contributed by atoms with E-state index in [0.717, 1.165) is 64.4 Å². The summed E-state index contributed by atoms with van der Waals surface area (Å²) >= 11 is 1.59. The van der Waals surface area contributed by atoms with Crippen LogP contribution in [0.3, 0.4) is 0 Å². The average molecular weight is 453 g/mol. The SMILES string of the molecule is Cc1oc(C2CCCCC2)c(COc2cccc(CSCC=O)c2)c1-c1ccc(F)cc1. The van der Waals surface area contributed by atoms with Crippen molar-refractivity contribution < 1.29 is 18.3 Å². The van der Waals surface area contributed by atoms with Crippen LogP contribution in [0.4, 0.5) is 4.39 Å². The van der Waals surface area contributed by atoms with E-state index in [-0.39, 0.29) is 5.82 Å². The molecule has 0 radical (unpaired) electrons. The number of carbonyl (C=O) groups is 1. The van der Waals surface area contributed by atoms with Crippen LogP contribution in [0.25, 0.3) is 11.1 Å². The normalized spacial score (nSPS) is 14.4. The zero-order valence-corrected chi connectivity index (χ0v) is 19.3. The number of thioether (sulfide) groups is 1. The highest BCUT2D eigenvalue weighted by Gasteiger charge is 2.27. The zero-order chi connectivity index (χ0) is 22.3. The highest BCUT2D eigenvalue weighted by Crippen LogP contribution is 2.41. The molecule has 1 fully saturated rings. The van der Waals surface area contributed by atoms with E-state index in [1.54, 1.807) is 11.8 Å². The molecule has 5 heteroatoms. The second-order valence-electron chi connectivity index (χ2n) is 8.34. The standard InChI is InChI=1S/C27H29FO3S/c1-19-26(21-10-12-23(28)13-11-21)25(27(31-19)22-7-3-2-4-8-22)17-30-24-9-5-6-20(16-24)18-32-15-14-29/h5-6,9-14,16,22H,2-4,7-8,15,17-18H2,1H3. The highest BCUT2D eigenvalue weighted by atomic mass is 32.2. The summed E-state index contributed by atoms with van der Waals surface area (Å²) in [5.41, 5.74) is 4.17. The zero-order valence-electron chi connectivity index (χ0n) is 18.4. The number of aldehydes is 1. The van der Waals surface area contributed by atoms with Crippen molar-refractivity contribution in [3.63, 3.8) is 0 Å². The second-order valence-corrected chi connectivity index (χ2v) is 9.37. The smallest absolute Gasteiger partial charge is 0.129 e. The lowest BCUT2D eigenvalue weighted by molar-refractivity contribution is -0.105. The molecule has 0 bridgehead atoms. The molecule has 32 heavy (non-hydrogen) atoms. The first-order valence-corrected chi connectivity index (χ1v) is 12.4. The minimum absolute atomic E-state index is 0.246. The fraction of sp³-hybridized carbons (Fsp3) is 0.370. The monoisotopic (exact) mass is 452 g/mol. The third-order valence-electron chi connectivity index (χ3n) is 6.06. The van der Waals surface area contributed by atoms with E-state index in [2.05, 4.69) is 0 Å². The lowest BCUT2D eigenvalue weighted by Crippen LogP contribution is -2.08. The van der Waals surface area contributed by atoms with Crippen molar-refractivity contribution in [2.75, 3.05) is 5.75 Å². The molecule has 3 aromatic rings. The Bertz CT molecular complexity index is 1040. The molecule has 1 aliphatic carbocycles. The van der Waals surface area contributed by atoms with Crippen molar-refractivity contribution in [3.8, 4) is 16.9 Å². The molecule has 0 amide bonds. The van der Waals surface area contributed by atoms with Gasteiger partial charge in [-0.25, -0.2) is 4.39 Å². The lowest BCUT2D eigenvalue weighted by atomic mass is 9.85. The highest BCUT2D eigenvalue weighted by molar-refractivity contribution is 7.99. The summed E-state index contributed by atoms with van der Waals surface area (Å²) in [5, 5.41) is 0. The predicted octanol–water partition coefficient (Wildman–Crippen LogP) is 7.45. The van der Waals surface area contributed by atoms with E-state index in [1.165, 1.54) is 31.4 Å². The van der Waals surface area contributed by atoms with Gasteiger partial charge in [0, 0.05) is 28.6 Å². The summed E-state index contributed by atoms with van der Waals surface area (Å²) in [6, 6.07) is 14.6. The molecule has 0 atom stereocenters. The van der Waals surface area contributed by atoms with Gasteiger partial charge in [-0.2, -0.15) is 0 Å². The van der Waals surface area contributed by atoms with Gasteiger partial charge < -0.3 is 13.9 Å². The number of benzene rings is 2. The summed E-state index contributed by atoms with van der Waals surface area (Å²) in [5.74, 6) is 4.10. The van der Waals surface area contributed by atoms with Crippen LogP contribution in [0.2, 0.25) is 0 Å². The van der Waals surface area contributed by atoms with Gasteiger partial charge in [-0.1, -0.05) is 43.5 Å². The van der Waals surface area contributed by atoms with Crippen molar-refractivity contribution in [2.24, 2.45) is 0 Å². The second kappa shape index (κ2) is 10.9. The lowest BCUT2D eigenvalue weighted by Gasteiger charge is -2.21. The molecule has 1 aliphatic rings. The molecule has 2 aromatic carbocycles. The molecule has 0 aliphatic heterocycles. The number of furan rings is 1. The summed E-state index contributed by atoms with van der Waals surface area (Å²) in [6.45, 7) is 2.39. The Morgan fingerprint density at radius 2 is 1.91 bits per heavy atom. The number of hydrogen-bond acceptors (Lipinski definition) is 4. The molecule has 3 nitrogen and oxygen atoms in total. The van der Waals surface area contributed by atoms with E-state index in [0.29, 0.717) is 18.3 Å². The Labute approximate surface area is 193 Å². The van der Waals surface area contributed by atoms with Crippen LogP contribution in [-0.4, -0.2) is 12.0 Å². The van der Waals surface area contributed by atoms with Crippen LogP contribution >= 0.6 is 11.8 Å². The molecular formula is C27H29FO3S. The molecule has 1 saturated carbocycles. The van der Waals surface area contributed by atoms with Gasteiger partial charge in [0.25, 0.3) is 0 Å². The van der Waals surface area contributed by atoms with Crippen LogP contribution in [0.15, 0.2) is 52.9 Å². The van der Waals surface area contributed by atoms with Gasteiger partial charge in [0.15, 0.2) is 0 Å². The van der Waals surface area contributed by atoms with Gasteiger partial charge in [0.1, 0.15) is 36.0 Å². The molecule has 0 N–H and O–H groups in total. The van der Waals surface area contributed by atoms with Crippen molar-refractivity contribution in [2.45, 2.75) is 57.3 Å². The maximum Gasteiger partial charge on any atom is 0.129 e. The van der Waals surface area contributed by atoms with Crippen LogP contribution in [0, 0.1) is 12.7 Å². The van der Waals surface area contributed by atoms with E-state index in [4.69, 9.17) is 9.15 Å². The number of carbonyl (C=O) groups excluding carboxylic acids is 1. The van der Waals surface area contributed by atoms with Gasteiger partial charge >= 0.3 is 0 Å². The van der Waals surface area contributed by atoms with E-state index in [9.17, 15) is 9.18 Å². The van der Waals surface area contributed by atoms with E-state index < -0.39 is 0 Å². The number of ether oxygens (including phenoxy) is 1. The molecule has 0 saturated heterocycles. The minimum Gasteiger partial charge on any atom is -0.489 e. The average Bonchev–Trinajstić information content (AvgIpc) is 3.15. The molecule has 0 spiro atoms. The minimum atomic E-state index is -0.246. The number of rotatable bonds is 9. The molecule has 1 heterocycles. The topological polar surface area (TPSA) is 39.4 Å². The quantitative estimate of drug-likeness (QED) is 0.250. The Morgan fingerprint density at radius 3 is 2.66 bits per heavy atom. The maximum atomic E-state index is 13.5. The molecular weight excluding hydrogens is 423 g/mol. The van der Waals surface area contributed by atoms with Gasteiger partial charge in [-0.05, 0) is 55.2 Å². The molecule has 4 rings (SSSR count). The molecule has 168 valence electrons. The van der Waals surface area contributed by atoms with Crippen molar-refractivity contribution in [3.05, 3.63) is 77.0 Å². The van der Waals surface area contributed by atoms with Crippen LogP contribution in [0.1, 0.15) is 60.7 Å². The van der Waals surface area contributed by atoms with Gasteiger partial charge in [-0.15, -0.1) is 11.8 Å². The van der Waals surface area contributed by atoms with E-state index >= 15 is 0 Å². The summed E-state index contributed by atoms with van der Waals surface area (Å²) in [6.07, 6.45) is 6.91. The van der Waals surface area contributed by atoms with Crippen molar-refractivity contribution >= 4 is 18.0 Å². The van der Waals surface area contributed by atoms with Gasteiger partial charge in [-0.3, -0.25) is 0 Å². The Morgan fingerprint density at radius 1 is 1.12 bits per heavy atom. The van der Waals surface area contributed by atoms with Crippen molar-refractivity contribution in [1.82, 2.24) is 0 Å². The Hall–Kier alpha value is -2.53. The first-order valence-electron chi connectivity index (χ1n) is 11.3.